The quantitative estimate of drug-likeness (QED) is 0.794. The molecule has 0 saturated heterocycles. The Morgan fingerprint density at radius 3 is 2.81 bits per heavy atom. The standard InChI is InChI=1S/C17H18N4/c1-12-10-16-17(18-8-9-21(16)20-12)19-11-13-2-4-14(5-3-13)15-6-7-15/h2-5,8-10,15H,6-7,11H2,1H3,(H,18,19). The molecule has 4 nitrogen and oxygen atoms in total. The van der Waals surface area contributed by atoms with Crippen LogP contribution in [0.25, 0.3) is 5.52 Å². The van der Waals surface area contributed by atoms with E-state index in [0.717, 1.165) is 29.5 Å². The van der Waals surface area contributed by atoms with Crippen LogP contribution in [0, 0.1) is 6.92 Å². The number of nitrogens with zero attached hydrogens (tertiary/aromatic N) is 3. The van der Waals surface area contributed by atoms with Gasteiger partial charge < -0.3 is 5.32 Å². The van der Waals surface area contributed by atoms with Gasteiger partial charge in [0.05, 0.1) is 5.69 Å². The summed E-state index contributed by atoms with van der Waals surface area (Å²) in [6.45, 7) is 2.77. The van der Waals surface area contributed by atoms with Gasteiger partial charge in [0.25, 0.3) is 0 Å². The number of aryl methyl sites for hydroxylation is 1. The summed E-state index contributed by atoms with van der Waals surface area (Å²) in [6, 6.07) is 11.0. The average Bonchev–Trinajstić information content (AvgIpc) is 3.27. The van der Waals surface area contributed by atoms with Crippen molar-refractivity contribution in [1.82, 2.24) is 14.6 Å². The first-order valence-corrected chi connectivity index (χ1v) is 7.43. The topological polar surface area (TPSA) is 42.2 Å². The zero-order valence-electron chi connectivity index (χ0n) is 12.1. The molecule has 0 bridgehead atoms. The fourth-order valence-electron chi connectivity index (χ4n) is 2.69. The van der Waals surface area contributed by atoms with Crippen molar-refractivity contribution in [2.75, 3.05) is 5.32 Å². The molecule has 1 aliphatic carbocycles. The molecular weight excluding hydrogens is 260 g/mol. The van der Waals surface area contributed by atoms with Crippen LogP contribution in [0.15, 0.2) is 42.7 Å². The van der Waals surface area contributed by atoms with Crippen molar-refractivity contribution in [3.63, 3.8) is 0 Å². The first-order valence-electron chi connectivity index (χ1n) is 7.43. The van der Waals surface area contributed by atoms with Gasteiger partial charge in [0.2, 0.25) is 0 Å². The Hall–Kier alpha value is -2.36. The van der Waals surface area contributed by atoms with E-state index in [9.17, 15) is 0 Å². The molecule has 0 unspecified atom stereocenters. The van der Waals surface area contributed by atoms with Crippen molar-refractivity contribution in [3.05, 3.63) is 59.5 Å². The molecule has 1 aliphatic rings. The van der Waals surface area contributed by atoms with E-state index in [1.54, 1.807) is 6.20 Å². The van der Waals surface area contributed by atoms with Gasteiger partial charge in [0.1, 0.15) is 5.52 Å². The summed E-state index contributed by atoms with van der Waals surface area (Å²) in [5.41, 5.74) is 4.77. The Morgan fingerprint density at radius 2 is 2.05 bits per heavy atom. The number of aromatic nitrogens is 3. The second-order valence-electron chi connectivity index (χ2n) is 5.76. The van der Waals surface area contributed by atoms with Gasteiger partial charge in [-0.25, -0.2) is 9.50 Å². The minimum atomic E-state index is 0.780. The molecule has 0 aliphatic heterocycles. The van der Waals surface area contributed by atoms with Gasteiger partial charge >= 0.3 is 0 Å². The number of hydrogen-bond donors (Lipinski definition) is 1. The third kappa shape index (κ3) is 2.49. The molecule has 2 aromatic heterocycles. The van der Waals surface area contributed by atoms with Crippen molar-refractivity contribution < 1.29 is 0 Å². The number of nitrogens with one attached hydrogen (secondary N) is 1. The fourth-order valence-corrected chi connectivity index (χ4v) is 2.69. The number of fused-ring (bicyclic) bond motifs is 1. The van der Waals surface area contributed by atoms with E-state index >= 15 is 0 Å². The predicted octanol–water partition coefficient (Wildman–Crippen LogP) is 3.53. The summed E-state index contributed by atoms with van der Waals surface area (Å²) in [6.07, 6.45) is 6.35. The molecule has 4 rings (SSSR count). The first kappa shape index (κ1) is 12.4. The van der Waals surface area contributed by atoms with Crippen molar-refractivity contribution in [2.24, 2.45) is 0 Å². The maximum atomic E-state index is 4.42. The van der Waals surface area contributed by atoms with Crippen LogP contribution >= 0.6 is 0 Å². The third-order valence-corrected chi connectivity index (χ3v) is 4.00. The van der Waals surface area contributed by atoms with Crippen LogP contribution in [0.3, 0.4) is 0 Å². The smallest absolute Gasteiger partial charge is 0.152 e. The van der Waals surface area contributed by atoms with E-state index < -0.39 is 0 Å². The van der Waals surface area contributed by atoms with Crippen molar-refractivity contribution >= 4 is 11.3 Å². The van der Waals surface area contributed by atoms with E-state index in [1.165, 1.54) is 24.0 Å². The largest absolute Gasteiger partial charge is 0.364 e. The SMILES string of the molecule is Cc1cc2c(NCc3ccc(C4CC4)cc3)nccn2n1. The van der Waals surface area contributed by atoms with E-state index in [-0.39, 0.29) is 0 Å². The van der Waals surface area contributed by atoms with Crippen LogP contribution in [-0.2, 0) is 6.54 Å². The molecule has 0 radical (unpaired) electrons. The second-order valence-corrected chi connectivity index (χ2v) is 5.76. The normalized spacial score (nSPS) is 14.5. The lowest BCUT2D eigenvalue weighted by Crippen LogP contribution is -2.03. The summed E-state index contributed by atoms with van der Waals surface area (Å²) in [7, 11) is 0. The van der Waals surface area contributed by atoms with E-state index in [4.69, 9.17) is 0 Å². The maximum absolute atomic E-state index is 4.42. The number of anilines is 1. The van der Waals surface area contributed by atoms with Crippen molar-refractivity contribution in [1.29, 1.82) is 0 Å². The van der Waals surface area contributed by atoms with Crippen LogP contribution in [0.4, 0.5) is 5.82 Å². The van der Waals surface area contributed by atoms with Gasteiger partial charge in [0, 0.05) is 18.9 Å². The highest BCUT2D eigenvalue weighted by atomic mass is 15.2. The average molecular weight is 278 g/mol. The van der Waals surface area contributed by atoms with Gasteiger partial charge in [-0.3, -0.25) is 0 Å². The Bertz CT molecular complexity index is 769. The molecule has 0 spiro atoms. The Labute approximate surface area is 123 Å². The number of benzene rings is 1. The highest BCUT2D eigenvalue weighted by Gasteiger charge is 2.22. The van der Waals surface area contributed by atoms with Crippen molar-refractivity contribution in [3.8, 4) is 0 Å². The van der Waals surface area contributed by atoms with E-state index in [1.807, 2.05) is 23.7 Å². The first-order chi connectivity index (χ1) is 10.3. The molecule has 0 amide bonds. The molecule has 1 aromatic carbocycles. The number of rotatable bonds is 4. The molecule has 3 aromatic rings. The van der Waals surface area contributed by atoms with Gasteiger partial charge in [-0.15, -0.1) is 0 Å². The van der Waals surface area contributed by atoms with Crippen molar-refractivity contribution in [2.45, 2.75) is 32.2 Å². The molecule has 1 N–H and O–H groups in total. The highest BCUT2D eigenvalue weighted by Crippen LogP contribution is 2.39. The molecule has 1 saturated carbocycles. The van der Waals surface area contributed by atoms with Gasteiger partial charge in [0.15, 0.2) is 5.82 Å². The lowest BCUT2D eigenvalue weighted by atomic mass is 10.1. The minimum Gasteiger partial charge on any atom is -0.364 e. The molecule has 2 heterocycles. The van der Waals surface area contributed by atoms with Crippen LogP contribution in [0.1, 0.15) is 35.6 Å². The number of hydrogen-bond acceptors (Lipinski definition) is 3. The maximum Gasteiger partial charge on any atom is 0.152 e. The molecule has 21 heavy (non-hydrogen) atoms. The monoisotopic (exact) mass is 278 g/mol. The third-order valence-electron chi connectivity index (χ3n) is 4.00. The Morgan fingerprint density at radius 1 is 1.24 bits per heavy atom. The molecule has 4 heteroatoms. The van der Waals surface area contributed by atoms with Crippen LogP contribution < -0.4 is 5.32 Å². The zero-order chi connectivity index (χ0) is 14.2. The summed E-state index contributed by atoms with van der Waals surface area (Å²) >= 11 is 0. The van der Waals surface area contributed by atoms with E-state index in [2.05, 4.69) is 39.7 Å². The summed E-state index contributed by atoms with van der Waals surface area (Å²) in [4.78, 5) is 4.42. The molecular formula is C17H18N4. The molecule has 0 atom stereocenters. The zero-order valence-corrected chi connectivity index (χ0v) is 12.1. The highest BCUT2D eigenvalue weighted by molar-refractivity contribution is 5.67. The molecule has 106 valence electrons. The van der Waals surface area contributed by atoms with Gasteiger partial charge in [-0.05, 0) is 42.9 Å². The van der Waals surface area contributed by atoms with Crippen LogP contribution in [0.5, 0.6) is 0 Å². The van der Waals surface area contributed by atoms with Crippen LogP contribution in [-0.4, -0.2) is 14.6 Å². The summed E-state index contributed by atoms with van der Waals surface area (Å²) in [5, 5.41) is 7.81. The fraction of sp³-hybridized carbons (Fsp3) is 0.294. The van der Waals surface area contributed by atoms with Gasteiger partial charge in [-0.1, -0.05) is 24.3 Å². The lowest BCUT2D eigenvalue weighted by molar-refractivity contribution is 0.920. The Kier molecular flexibility index (Phi) is 2.88. The summed E-state index contributed by atoms with van der Waals surface area (Å²) < 4.78 is 1.86. The summed E-state index contributed by atoms with van der Waals surface area (Å²) in [5.74, 6) is 1.70. The van der Waals surface area contributed by atoms with E-state index in [0.29, 0.717) is 0 Å². The van der Waals surface area contributed by atoms with Crippen LogP contribution in [0.2, 0.25) is 0 Å². The lowest BCUT2D eigenvalue weighted by Gasteiger charge is -2.07. The minimum absolute atomic E-state index is 0.780. The van der Waals surface area contributed by atoms with Gasteiger partial charge in [-0.2, -0.15) is 5.10 Å². The Balaban J connectivity index is 1.52. The molecule has 1 fully saturated rings. The second kappa shape index (κ2) is 4.88. The predicted molar refractivity (Wildman–Crippen MR) is 83.5 cm³/mol.